The Morgan fingerprint density at radius 2 is 1.68 bits per heavy atom. The molecule has 7 heteroatoms. The summed E-state index contributed by atoms with van der Waals surface area (Å²) in [4.78, 5) is 17.1. The average Bonchev–Trinajstić information content (AvgIpc) is 3.39. The van der Waals surface area contributed by atoms with Crippen molar-refractivity contribution in [2.45, 2.75) is 97.7 Å². The van der Waals surface area contributed by atoms with E-state index < -0.39 is 0 Å². The van der Waals surface area contributed by atoms with E-state index in [1.54, 1.807) is 7.11 Å². The molecule has 5 fully saturated rings. The molecule has 2 N–H and O–H groups in total. The van der Waals surface area contributed by atoms with Gasteiger partial charge in [0.1, 0.15) is 5.75 Å². The third-order valence-corrected chi connectivity index (χ3v) is 13.9. The largest absolute Gasteiger partial charge is 0.495 e. The van der Waals surface area contributed by atoms with Gasteiger partial charge in [0, 0.05) is 26.2 Å². The Balaban J connectivity index is 1.03. The van der Waals surface area contributed by atoms with E-state index in [1.165, 1.54) is 25.7 Å². The molecular weight excluding hydrogens is 552 g/mol. The maximum atomic E-state index is 13.0. The van der Waals surface area contributed by atoms with Crippen LogP contribution in [0.3, 0.4) is 0 Å². The van der Waals surface area contributed by atoms with Gasteiger partial charge in [-0.2, -0.15) is 0 Å². The fraction of sp³-hybridized carbons (Fsp3) is 0.811. The van der Waals surface area contributed by atoms with Crippen molar-refractivity contribution in [1.29, 1.82) is 0 Å². The maximum absolute atomic E-state index is 13.0. The molecule has 0 radical (unpaired) electrons. The van der Waals surface area contributed by atoms with Crippen molar-refractivity contribution in [3.8, 4) is 5.75 Å². The number of benzene rings is 1. The molecular formula is C37H58N2O5. The number of hydrogen-bond acceptors (Lipinski definition) is 6. The van der Waals surface area contributed by atoms with E-state index >= 15 is 0 Å². The Morgan fingerprint density at radius 3 is 2.41 bits per heavy atom. The first-order valence-electron chi connectivity index (χ1n) is 17.8. The molecule has 4 aliphatic carbocycles. The van der Waals surface area contributed by atoms with Gasteiger partial charge in [0.2, 0.25) is 0 Å². The Morgan fingerprint density at radius 1 is 0.977 bits per heavy atom. The minimum Gasteiger partial charge on any atom is -0.495 e. The summed E-state index contributed by atoms with van der Waals surface area (Å²) in [6.07, 6.45) is 9.00. The zero-order valence-electron chi connectivity index (χ0n) is 27.9. The molecule has 1 aromatic carbocycles. The van der Waals surface area contributed by atoms with Crippen LogP contribution in [0.15, 0.2) is 24.3 Å². The summed E-state index contributed by atoms with van der Waals surface area (Å²) in [5.41, 5.74) is 1.55. The molecule has 5 aliphatic rings. The second kappa shape index (κ2) is 12.7. The van der Waals surface area contributed by atoms with Crippen LogP contribution in [0, 0.1) is 52.3 Å². The first kappa shape index (κ1) is 32.0. The summed E-state index contributed by atoms with van der Waals surface area (Å²) >= 11 is 0. The monoisotopic (exact) mass is 610 g/mol. The number of carbonyl (C=O) groups excluding carboxylic acids is 1. The highest BCUT2D eigenvalue weighted by molar-refractivity contribution is 5.68. The molecule has 246 valence electrons. The Labute approximate surface area is 265 Å². The number of para-hydroxylation sites is 2. The lowest BCUT2D eigenvalue weighted by atomic mass is 9.41. The first-order valence-corrected chi connectivity index (χ1v) is 17.8. The molecule has 4 saturated carbocycles. The lowest BCUT2D eigenvalue weighted by molar-refractivity contribution is -0.203. The summed E-state index contributed by atoms with van der Waals surface area (Å²) in [7, 11) is 1.70. The van der Waals surface area contributed by atoms with Crippen LogP contribution in [0.2, 0.25) is 0 Å². The molecule has 1 heterocycles. The van der Waals surface area contributed by atoms with Crippen molar-refractivity contribution in [3.05, 3.63) is 24.3 Å². The van der Waals surface area contributed by atoms with Crippen LogP contribution in [0.1, 0.15) is 85.5 Å². The fourth-order valence-electron chi connectivity index (χ4n) is 11.6. The zero-order chi connectivity index (χ0) is 31.2. The number of anilines is 1. The van der Waals surface area contributed by atoms with E-state index in [4.69, 9.17) is 9.47 Å². The van der Waals surface area contributed by atoms with Crippen LogP contribution in [0.5, 0.6) is 5.75 Å². The van der Waals surface area contributed by atoms with E-state index in [1.807, 2.05) is 23.1 Å². The highest BCUT2D eigenvalue weighted by atomic mass is 16.6. The third kappa shape index (κ3) is 5.42. The standard InChI is InChI=1S/C37H58N2O5/c1-6-26-30-23-25(40)13-16-37(30,4)29-14-17-36(3)27(11-12-28(36)33(29)34(26)41)24(2)15-22-44-35(42)39-20-18-38(19-21-39)31-9-7-8-10-32(31)43-5/h7-10,24-30,33-34,40-41H,6,11-23H2,1-5H3/t24-,25-,26-,27-,28+,29+,30+,33+,34-,36-,37-/m1/s1. The lowest BCUT2D eigenvalue weighted by Crippen LogP contribution is -2.62. The van der Waals surface area contributed by atoms with Gasteiger partial charge in [-0.1, -0.05) is 46.2 Å². The van der Waals surface area contributed by atoms with Crippen LogP contribution in [-0.4, -0.2) is 73.3 Å². The van der Waals surface area contributed by atoms with Gasteiger partial charge >= 0.3 is 6.09 Å². The van der Waals surface area contributed by atoms with Crippen LogP contribution in [0.4, 0.5) is 10.5 Å². The number of aliphatic hydroxyl groups excluding tert-OH is 2. The van der Waals surface area contributed by atoms with E-state index in [2.05, 4.69) is 38.7 Å². The number of piperazine rings is 1. The van der Waals surface area contributed by atoms with Crippen molar-refractivity contribution >= 4 is 11.8 Å². The maximum Gasteiger partial charge on any atom is 0.409 e. The number of hydrogen-bond donors (Lipinski definition) is 2. The van der Waals surface area contributed by atoms with Crippen molar-refractivity contribution in [3.63, 3.8) is 0 Å². The second-order valence-corrected chi connectivity index (χ2v) is 15.6. The van der Waals surface area contributed by atoms with Crippen molar-refractivity contribution < 1.29 is 24.5 Å². The number of rotatable bonds is 7. The van der Waals surface area contributed by atoms with Gasteiger partial charge in [-0.25, -0.2) is 4.79 Å². The van der Waals surface area contributed by atoms with Gasteiger partial charge in [0.05, 0.1) is 31.6 Å². The van der Waals surface area contributed by atoms with Gasteiger partial charge < -0.3 is 29.5 Å². The summed E-state index contributed by atoms with van der Waals surface area (Å²) in [5, 5.41) is 22.5. The van der Waals surface area contributed by atoms with Crippen LogP contribution >= 0.6 is 0 Å². The van der Waals surface area contributed by atoms with Gasteiger partial charge in [0.15, 0.2) is 0 Å². The van der Waals surface area contributed by atoms with E-state index in [0.717, 1.165) is 56.6 Å². The second-order valence-electron chi connectivity index (χ2n) is 15.6. The number of carbonyl (C=O) groups is 1. The predicted molar refractivity (Wildman–Crippen MR) is 174 cm³/mol. The highest BCUT2D eigenvalue weighted by Crippen LogP contribution is 2.69. The van der Waals surface area contributed by atoms with E-state index in [0.29, 0.717) is 61.1 Å². The lowest BCUT2D eigenvalue weighted by Gasteiger charge is -2.64. The van der Waals surface area contributed by atoms with Crippen molar-refractivity contribution in [1.82, 2.24) is 4.90 Å². The molecule has 1 aliphatic heterocycles. The predicted octanol–water partition coefficient (Wildman–Crippen LogP) is 6.61. The van der Waals surface area contributed by atoms with Crippen LogP contribution in [-0.2, 0) is 4.74 Å². The normalized spacial score (nSPS) is 40.9. The molecule has 7 nitrogen and oxygen atoms in total. The highest BCUT2D eigenvalue weighted by Gasteiger charge is 2.64. The molecule has 11 atom stereocenters. The van der Waals surface area contributed by atoms with Crippen molar-refractivity contribution in [2.75, 3.05) is 44.8 Å². The Bertz CT molecular complexity index is 1150. The minimum atomic E-state index is -0.253. The molecule has 1 amide bonds. The number of nitrogens with zero attached hydrogens (tertiary/aromatic N) is 2. The summed E-state index contributed by atoms with van der Waals surface area (Å²) < 4.78 is 11.4. The van der Waals surface area contributed by atoms with Crippen LogP contribution < -0.4 is 9.64 Å². The minimum absolute atomic E-state index is 0.191. The topological polar surface area (TPSA) is 82.5 Å². The number of amides is 1. The summed E-state index contributed by atoms with van der Waals surface area (Å²) in [6, 6.07) is 8.06. The smallest absolute Gasteiger partial charge is 0.409 e. The molecule has 44 heavy (non-hydrogen) atoms. The molecule has 6 rings (SSSR count). The third-order valence-electron chi connectivity index (χ3n) is 13.9. The first-order chi connectivity index (χ1) is 21.1. The van der Waals surface area contributed by atoms with Crippen LogP contribution in [0.25, 0.3) is 0 Å². The Kier molecular flexibility index (Phi) is 9.20. The molecule has 0 unspecified atom stereocenters. The van der Waals surface area contributed by atoms with Gasteiger partial charge in [-0.05, 0) is 116 Å². The number of aliphatic hydroxyl groups is 2. The Hall–Kier alpha value is -1.99. The van der Waals surface area contributed by atoms with Gasteiger partial charge in [-0.3, -0.25) is 0 Å². The fourth-order valence-corrected chi connectivity index (χ4v) is 11.6. The summed E-state index contributed by atoms with van der Waals surface area (Å²) in [6.45, 7) is 13.0. The average molecular weight is 611 g/mol. The summed E-state index contributed by atoms with van der Waals surface area (Å²) in [5.74, 6) is 4.18. The zero-order valence-corrected chi connectivity index (χ0v) is 27.9. The quantitative estimate of drug-likeness (QED) is 0.362. The van der Waals surface area contributed by atoms with Crippen molar-refractivity contribution in [2.24, 2.45) is 52.3 Å². The molecule has 0 bridgehead atoms. The van der Waals surface area contributed by atoms with E-state index in [-0.39, 0.29) is 29.1 Å². The van der Waals surface area contributed by atoms with Gasteiger partial charge in [-0.15, -0.1) is 0 Å². The number of methoxy groups -OCH3 is 1. The number of fused-ring (bicyclic) bond motifs is 5. The van der Waals surface area contributed by atoms with Gasteiger partial charge in [0.25, 0.3) is 0 Å². The molecule has 0 aromatic heterocycles. The van der Waals surface area contributed by atoms with E-state index in [9.17, 15) is 15.0 Å². The molecule has 1 saturated heterocycles. The molecule has 1 aromatic rings. The SMILES string of the molecule is CC[C@H]1[C@@H](O)[C@@H]2[C@H](CC[C@]3(C)[C@@H]([C@H](C)CCOC(=O)N4CCN(c5ccccc5OC)CC4)CC[C@@H]23)[C@@]2(C)CC[C@@H](O)C[C@@H]12. The number of ether oxygens (including phenoxy) is 2. The molecule has 0 spiro atoms.